The molecule has 51 heavy (non-hydrogen) atoms. The van der Waals surface area contributed by atoms with Gasteiger partial charge in [-0.15, -0.1) is 0 Å². The van der Waals surface area contributed by atoms with Crippen LogP contribution < -0.4 is 11.1 Å². The smallest absolute Gasteiger partial charge is 0.326 e. The van der Waals surface area contributed by atoms with Gasteiger partial charge in [-0.2, -0.15) is 0 Å². The number of carbonyl (C=O) groups excluding carboxylic acids is 2. The van der Waals surface area contributed by atoms with Crippen molar-refractivity contribution in [1.29, 1.82) is 0 Å². The van der Waals surface area contributed by atoms with Gasteiger partial charge < -0.3 is 20.9 Å². The summed E-state index contributed by atoms with van der Waals surface area (Å²) in [5, 5.41) is 11.9. The van der Waals surface area contributed by atoms with Crippen LogP contribution in [0.1, 0.15) is 181 Å². The van der Waals surface area contributed by atoms with Crippen molar-refractivity contribution in [3.05, 3.63) is 60.8 Å². The molecule has 0 rings (SSSR count). The van der Waals surface area contributed by atoms with Crippen LogP contribution >= 0.6 is 0 Å². The van der Waals surface area contributed by atoms with Crippen molar-refractivity contribution >= 4 is 17.8 Å². The number of nitrogens with two attached hydrogens (primary N) is 1. The summed E-state index contributed by atoms with van der Waals surface area (Å²) in [5.41, 5.74) is 5.47. The minimum Gasteiger partial charge on any atom is -0.480 e. The summed E-state index contributed by atoms with van der Waals surface area (Å²) in [6.07, 6.45) is 47.1. The zero-order valence-corrected chi connectivity index (χ0v) is 32.7. The van der Waals surface area contributed by atoms with Crippen LogP contribution in [0.25, 0.3) is 0 Å². The van der Waals surface area contributed by atoms with E-state index in [4.69, 9.17) is 10.5 Å². The van der Waals surface area contributed by atoms with Crippen LogP contribution in [0.4, 0.5) is 0 Å². The van der Waals surface area contributed by atoms with Crippen LogP contribution in [0.2, 0.25) is 0 Å². The van der Waals surface area contributed by atoms with Crippen LogP contribution in [-0.4, -0.2) is 41.6 Å². The Hall–Kier alpha value is -2.93. The first-order valence-corrected chi connectivity index (χ1v) is 20.6. The van der Waals surface area contributed by atoms with E-state index in [0.717, 1.165) is 103 Å². The van der Waals surface area contributed by atoms with E-state index in [9.17, 15) is 19.5 Å². The van der Waals surface area contributed by atoms with Gasteiger partial charge in [-0.3, -0.25) is 9.59 Å². The van der Waals surface area contributed by atoms with Crippen molar-refractivity contribution in [3.8, 4) is 0 Å². The highest BCUT2D eigenvalue weighted by atomic mass is 16.5. The molecule has 7 nitrogen and oxygen atoms in total. The molecule has 0 aromatic heterocycles. The van der Waals surface area contributed by atoms with Crippen molar-refractivity contribution in [1.82, 2.24) is 5.32 Å². The zero-order chi connectivity index (χ0) is 37.5. The minimum absolute atomic E-state index is 0.0938. The Morgan fingerprint density at radius 1 is 0.608 bits per heavy atom. The van der Waals surface area contributed by atoms with Gasteiger partial charge in [-0.1, -0.05) is 133 Å². The number of allylic oxidation sites excluding steroid dienone is 9. The Morgan fingerprint density at radius 2 is 1.14 bits per heavy atom. The van der Waals surface area contributed by atoms with E-state index in [1.165, 1.54) is 38.5 Å². The molecule has 0 aromatic carbocycles. The highest BCUT2D eigenvalue weighted by molar-refractivity contribution is 5.83. The van der Waals surface area contributed by atoms with E-state index >= 15 is 0 Å². The quantitative estimate of drug-likeness (QED) is 0.0338. The average molecular weight is 713 g/mol. The third kappa shape index (κ3) is 35.3. The topological polar surface area (TPSA) is 119 Å². The molecule has 0 aromatic rings. The van der Waals surface area contributed by atoms with Crippen LogP contribution in [0.5, 0.6) is 0 Å². The third-order valence-electron chi connectivity index (χ3n) is 8.80. The Labute approximate surface area is 312 Å². The molecule has 1 amide bonds. The van der Waals surface area contributed by atoms with Crippen molar-refractivity contribution in [2.45, 2.75) is 193 Å². The van der Waals surface area contributed by atoms with E-state index in [1.807, 2.05) is 0 Å². The van der Waals surface area contributed by atoms with Crippen LogP contribution in [0, 0.1) is 0 Å². The molecule has 0 fully saturated rings. The molecule has 0 heterocycles. The summed E-state index contributed by atoms with van der Waals surface area (Å²) in [6, 6.07) is -0.859. The largest absolute Gasteiger partial charge is 0.480 e. The second-order valence-corrected chi connectivity index (χ2v) is 13.7. The number of carboxylic acid groups (broad SMARTS) is 1. The van der Waals surface area contributed by atoms with Crippen LogP contribution in [0.3, 0.4) is 0 Å². The lowest BCUT2D eigenvalue weighted by molar-refractivity contribution is -0.147. The predicted octanol–water partition coefficient (Wildman–Crippen LogP) is 11.4. The molecule has 0 aliphatic heterocycles. The fourth-order valence-electron chi connectivity index (χ4n) is 5.71. The Bertz CT molecular complexity index is 984. The fraction of sp³-hybridized carbons (Fsp3) is 0.705. The number of ether oxygens (including phenoxy) is 1. The van der Waals surface area contributed by atoms with E-state index in [1.54, 1.807) is 0 Å². The summed E-state index contributed by atoms with van der Waals surface area (Å²) in [7, 11) is 0. The Balaban J connectivity index is 4.37. The van der Waals surface area contributed by atoms with Gasteiger partial charge in [0.15, 0.2) is 0 Å². The van der Waals surface area contributed by atoms with Gasteiger partial charge in [-0.05, 0) is 103 Å². The number of rotatable bonds is 36. The van der Waals surface area contributed by atoms with E-state index in [0.29, 0.717) is 32.2 Å². The Kier molecular flexibility index (Phi) is 36.1. The first-order valence-electron chi connectivity index (χ1n) is 20.6. The highest BCUT2D eigenvalue weighted by Crippen LogP contribution is 2.15. The number of nitrogens with one attached hydrogen (secondary N) is 1. The molecule has 0 saturated carbocycles. The summed E-state index contributed by atoms with van der Waals surface area (Å²) in [6.45, 7) is 4.80. The van der Waals surface area contributed by atoms with Gasteiger partial charge in [-0.25, -0.2) is 4.79 Å². The average Bonchev–Trinajstić information content (AvgIpc) is 3.11. The summed E-state index contributed by atoms with van der Waals surface area (Å²) < 4.78 is 5.92. The van der Waals surface area contributed by atoms with Gasteiger partial charge in [0.2, 0.25) is 5.91 Å². The predicted molar refractivity (Wildman–Crippen MR) is 216 cm³/mol. The number of aliphatic carboxylic acids is 1. The summed E-state index contributed by atoms with van der Waals surface area (Å²) >= 11 is 0. The first kappa shape index (κ1) is 48.1. The van der Waals surface area contributed by atoms with Gasteiger partial charge in [0.25, 0.3) is 0 Å². The normalized spacial score (nSPS) is 13.3. The van der Waals surface area contributed by atoms with Gasteiger partial charge in [0.1, 0.15) is 12.1 Å². The van der Waals surface area contributed by atoms with Crippen LogP contribution in [-0.2, 0) is 19.1 Å². The standard InChI is InChI=1S/C44H76N2O5/c1-3-5-7-9-11-13-14-15-16-17-18-20-22-28-32-38-43(48)51-40(34-29-25-21-19-12-10-8-6-4-2)35-30-26-23-24-27-31-37-42(47)46-41(44(49)50)36-33-39-45/h5,7,11,13,15-16,19,21,29,34,40-41H,3-4,6,8-10,12,14,17-18,20,22-28,30-33,35-39,45H2,1-2H3,(H,46,47)(H,49,50)/b7-5-,13-11-,16-15-,21-19-,34-29-. The minimum atomic E-state index is -1.01. The van der Waals surface area contributed by atoms with E-state index in [2.05, 4.69) is 79.9 Å². The van der Waals surface area contributed by atoms with Crippen molar-refractivity contribution in [3.63, 3.8) is 0 Å². The summed E-state index contributed by atoms with van der Waals surface area (Å²) in [4.78, 5) is 36.2. The molecular weight excluding hydrogens is 636 g/mol. The molecule has 2 atom stereocenters. The van der Waals surface area contributed by atoms with E-state index in [-0.39, 0.29) is 18.0 Å². The molecule has 0 aliphatic carbocycles. The first-order chi connectivity index (χ1) is 24.9. The molecule has 2 unspecified atom stereocenters. The number of esters is 1. The SMILES string of the molecule is CC/C=C\C/C=C\C/C=C\CCCCCCCC(=O)OC(/C=C\C/C=C\CCCCCC)CCCCCCCCC(=O)NC(CCCN)C(=O)O. The molecular formula is C44H76N2O5. The lowest BCUT2D eigenvalue weighted by Crippen LogP contribution is -2.40. The second kappa shape index (κ2) is 38.3. The lowest BCUT2D eigenvalue weighted by atomic mass is 10.0. The second-order valence-electron chi connectivity index (χ2n) is 13.7. The van der Waals surface area contributed by atoms with Crippen LogP contribution in [0.15, 0.2) is 60.8 Å². The maximum atomic E-state index is 12.7. The number of hydrogen-bond acceptors (Lipinski definition) is 5. The van der Waals surface area contributed by atoms with Gasteiger partial charge in [0, 0.05) is 12.8 Å². The zero-order valence-electron chi connectivity index (χ0n) is 32.7. The number of unbranched alkanes of at least 4 members (excludes halogenated alkanes) is 14. The molecule has 4 N–H and O–H groups in total. The molecule has 0 saturated heterocycles. The van der Waals surface area contributed by atoms with Crippen molar-refractivity contribution in [2.24, 2.45) is 5.73 Å². The Morgan fingerprint density at radius 3 is 1.75 bits per heavy atom. The maximum Gasteiger partial charge on any atom is 0.326 e. The van der Waals surface area contributed by atoms with Crippen molar-refractivity contribution in [2.75, 3.05) is 6.54 Å². The molecule has 7 heteroatoms. The third-order valence-corrected chi connectivity index (χ3v) is 8.80. The molecule has 0 radical (unpaired) electrons. The number of hydrogen-bond donors (Lipinski definition) is 3. The van der Waals surface area contributed by atoms with Crippen molar-refractivity contribution < 1.29 is 24.2 Å². The molecule has 0 spiro atoms. The number of carbonyl (C=O) groups is 3. The van der Waals surface area contributed by atoms with Gasteiger partial charge in [0.05, 0.1) is 0 Å². The fourth-order valence-corrected chi connectivity index (χ4v) is 5.71. The van der Waals surface area contributed by atoms with Gasteiger partial charge >= 0.3 is 11.9 Å². The summed E-state index contributed by atoms with van der Waals surface area (Å²) in [5.74, 6) is -1.31. The lowest BCUT2D eigenvalue weighted by Gasteiger charge is -2.15. The molecule has 292 valence electrons. The highest BCUT2D eigenvalue weighted by Gasteiger charge is 2.18. The number of carboxylic acids is 1. The van der Waals surface area contributed by atoms with E-state index < -0.39 is 12.0 Å². The monoisotopic (exact) mass is 713 g/mol. The number of amides is 1. The maximum absolute atomic E-state index is 12.7. The molecule has 0 aliphatic rings. The molecule has 0 bridgehead atoms.